The van der Waals surface area contributed by atoms with Crippen molar-refractivity contribution in [3.63, 3.8) is 0 Å². The smallest absolute Gasteiger partial charge is 0.303 e. The largest absolute Gasteiger partial charge is 0.307 e. The molecule has 1 aromatic carbocycles. The third kappa shape index (κ3) is 3.73. The van der Waals surface area contributed by atoms with Crippen molar-refractivity contribution in [2.75, 3.05) is 5.75 Å². The molecular formula is C16H18N4OS2. The number of rotatable bonds is 6. The third-order valence-electron chi connectivity index (χ3n) is 3.61. The molecule has 120 valence electrons. The van der Waals surface area contributed by atoms with Crippen LogP contribution in [0.3, 0.4) is 0 Å². The minimum Gasteiger partial charge on any atom is -0.303 e. The number of thiazole rings is 1. The first-order chi connectivity index (χ1) is 11.1. The molecule has 0 aliphatic rings. The minimum atomic E-state index is 0.102. The second-order valence-corrected chi connectivity index (χ2v) is 7.13. The SMILES string of the molecule is Cc1nnc(SCCn2c(C)csc2=O)n1Cc1ccccc1. The highest BCUT2D eigenvalue weighted by Crippen LogP contribution is 2.19. The van der Waals surface area contributed by atoms with Crippen LogP contribution in [-0.4, -0.2) is 25.1 Å². The molecule has 0 aliphatic heterocycles. The molecule has 0 saturated carbocycles. The van der Waals surface area contributed by atoms with Crippen molar-refractivity contribution in [1.82, 2.24) is 19.3 Å². The van der Waals surface area contributed by atoms with Gasteiger partial charge in [-0.1, -0.05) is 53.4 Å². The van der Waals surface area contributed by atoms with E-state index in [1.54, 1.807) is 11.8 Å². The summed E-state index contributed by atoms with van der Waals surface area (Å²) in [6.07, 6.45) is 0. The quantitative estimate of drug-likeness (QED) is 0.644. The normalized spacial score (nSPS) is 11.0. The van der Waals surface area contributed by atoms with Crippen LogP contribution < -0.4 is 4.87 Å². The lowest BCUT2D eigenvalue weighted by molar-refractivity contribution is 0.684. The molecule has 5 nitrogen and oxygen atoms in total. The van der Waals surface area contributed by atoms with Crippen molar-refractivity contribution >= 4 is 23.1 Å². The van der Waals surface area contributed by atoms with E-state index in [2.05, 4.69) is 26.9 Å². The van der Waals surface area contributed by atoms with Gasteiger partial charge in [0.25, 0.3) is 0 Å². The second kappa shape index (κ2) is 7.14. The van der Waals surface area contributed by atoms with Gasteiger partial charge < -0.3 is 9.13 Å². The average Bonchev–Trinajstić information content (AvgIpc) is 3.06. The fourth-order valence-corrected chi connectivity index (χ4v) is 3.99. The van der Waals surface area contributed by atoms with E-state index in [0.29, 0.717) is 6.54 Å². The molecular weight excluding hydrogens is 328 g/mol. The van der Waals surface area contributed by atoms with Crippen LogP contribution >= 0.6 is 23.1 Å². The van der Waals surface area contributed by atoms with Gasteiger partial charge in [-0.25, -0.2) is 0 Å². The molecule has 0 aliphatic carbocycles. The Morgan fingerprint density at radius 3 is 2.61 bits per heavy atom. The Hall–Kier alpha value is -1.86. The number of benzene rings is 1. The number of thioether (sulfide) groups is 1. The Bertz CT molecular complexity index is 835. The molecule has 0 fully saturated rings. The van der Waals surface area contributed by atoms with Gasteiger partial charge in [-0.05, 0) is 19.4 Å². The lowest BCUT2D eigenvalue weighted by Crippen LogP contribution is -2.16. The molecule has 23 heavy (non-hydrogen) atoms. The van der Waals surface area contributed by atoms with E-state index >= 15 is 0 Å². The standard InChI is InChI=1S/C16H18N4OS2/c1-12-11-23-16(21)19(12)8-9-22-15-18-17-13(2)20(15)10-14-6-4-3-5-7-14/h3-7,11H,8-10H2,1-2H3. The molecule has 7 heteroatoms. The molecule has 0 atom stereocenters. The maximum Gasteiger partial charge on any atom is 0.307 e. The highest BCUT2D eigenvalue weighted by atomic mass is 32.2. The van der Waals surface area contributed by atoms with Crippen molar-refractivity contribution in [2.45, 2.75) is 32.1 Å². The van der Waals surface area contributed by atoms with E-state index in [4.69, 9.17) is 0 Å². The Morgan fingerprint density at radius 2 is 1.91 bits per heavy atom. The van der Waals surface area contributed by atoms with Gasteiger partial charge in [-0.15, -0.1) is 10.2 Å². The van der Waals surface area contributed by atoms with Crippen LogP contribution in [0, 0.1) is 13.8 Å². The van der Waals surface area contributed by atoms with Gasteiger partial charge in [0.15, 0.2) is 5.16 Å². The van der Waals surface area contributed by atoms with Gasteiger partial charge in [-0.3, -0.25) is 4.79 Å². The molecule has 2 aromatic heterocycles. The van der Waals surface area contributed by atoms with Gasteiger partial charge in [0.2, 0.25) is 0 Å². The number of aryl methyl sites for hydroxylation is 2. The van der Waals surface area contributed by atoms with Crippen molar-refractivity contribution in [3.8, 4) is 0 Å². The fraction of sp³-hybridized carbons (Fsp3) is 0.312. The van der Waals surface area contributed by atoms with Gasteiger partial charge in [0.1, 0.15) is 5.82 Å². The van der Waals surface area contributed by atoms with Gasteiger partial charge in [-0.2, -0.15) is 0 Å². The highest BCUT2D eigenvalue weighted by Gasteiger charge is 2.10. The summed E-state index contributed by atoms with van der Waals surface area (Å²) in [6, 6.07) is 10.3. The van der Waals surface area contributed by atoms with Crippen LogP contribution in [0.15, 0.2) is 45.7 Å². The Balaban J connectivity index is 1.68. The van der Waals surface area contributed by atoms with Gasteiger partial charge in [0, 0.05) is 23.4 Å². The molecule has 0 bridgehead atoms. The van der Waals surface area contributed by atoms with Crippen LogP contribution in [0.2, 0.25) is 0 Å². The van der Waals surface area contributed by atoms with Crippen LogP contribution in [0.5, 0.6) is 0 Å². The first kappa shape index (κ1) is 16.0. The van der Waals surface area contributed by atoms with Crippen molar-refractivity contribution in [3.05, 3.63) is 62.5 Å². The molecule has 0 unspecified atom stereocenters. The van der Waals surface area contributed by atoms with E-state index in [-0.39, 0.29) is 4.87 Å². The Labute approximate surface area is 143 Å². The van der Waals surface area contributed by atoms with Crippen LogP contribution in [0.4, 0.5) is 0 Å². The topological polar surface area (TPSA) is 52.7 Å². The zero-order valence-electron chi connectivity index (χ0n) is 13.1. The zero-order valence-corrected chi connectivity index (χ0v) is 14.7. The van der Waals surface area contributed by atoms with Crippen molar-refractivity contribution < 1.29 is 0 Å². The number of nitrogens with zero attached hydrogens (tertiary/aromatic N) is 4. The van der Waals surface area contributed by atoms with Gasteiger partial charge >= 0.3 is 4.87 Å². The number of hydrogen-bond acceptors (Lipinski definition) is 5. The van der Waals surface area contributed by atoms with E-state index in [1.165, 1.54) is 16.9 Å². The predicted molar refractivity (Wildman–Crippen MR) is 94.3 cm³/mol. The molecule has 0 saturated heterocycles. The van der Waals surface area contributed by atoms with Crippen molar-refractivity contribution in [2.24, 2.45) is 0 Å². The number of hydrogen-bond donors (Lipinski definition) is 0. The first-order valence-corrected chi connectivity index (χ1v) is 9.23. The molecule has 0 N–H and O–H groups in total. The highest BCUT2D eigenvalue weighted by molar-refractivity contribution is 7.99. The number of aromatic nitrogens is 4. The lowest BCUT2D eigenvalue weighted by Gasteiger charge is -2.09. The zero-order chi connectivity index (χ0) is 16.2. The molecule has 0 spiro atoms. The minimum absolute atomic E-state index is 0.102. The summed E-state index contributed by atoms with van der Waals surface area (Å²) in [5.74, 6) is 1.70. The summed E-state index contributed by atoms with van der Waals surface area (Å²) < 4.78 is 3.92. The van der Waals surface area contributed by atoms with Gasteiger partial charge in [0.05, 0.1) is 6.54 Å². The van der Waals surface area contributed by atoms with Crippen LogP contribution in [0.1, 0.15) is 17.1 Å². The lowest BCUT2D eigenvalue weighted by atomic mass is 10.2. The van der Waals surface area contributed by atoms with Crippen LogP contribution in [-0.2, 0) is 13.1 Å². The third-order valence-corrected chi connectivity index (χ3v) is 5.44. The molecule has 2 heterocycles. The summed E-state index contributed by atoms with van der Waals surface area (Å²) >= 11 is 2.89. The summed E-state index contributed by atoms with van der Waals surface area (Å²) in [5.41, 5.74) is 2.24. The summed E-state index contributed by atoms with van der Waals surface area (Å²) in [5, 5.41) is 11.2. The Morgan fingerprint density at radius 1 is 1.13 bits per heavy atom. The monoisotopic (exact) mass is 346 g/mol. The molecule has 3 rings (SSSR count). The predicted octanol–water partition coefficient (Wildman–Crippen LogP) is 2.96. The average molecular weight is 346 g/mol. The van der Waals surface area contributed by atoms with E-state index < -0.39 is 0 Å². The van der Waals surface area contributed by atoms with E-state index in [1.807, 2.05) is 42.0 Å². The van der Waals surface area contributed by atoms with Crippen LogP contribution in [0.25, 0.3) is 0 Å². The van der Waals surface area contributed by atoms with E-state index in [0.717, 1.165) is 29.0 Å². The summed E-state index contributed by atoms with van der Waals surface area (Å²) in [7, 11) is 0. The van der Waals surface area contributed by atoms with Crippen molar-refractivity contribution in [1.29, 1.82) is 0 Å². The maximum absolute atomic E-state index is 11.7. The second-order valence-electron chi connectivity index (χ2n) is 5.24. The summed E-state index contributed by atoms with van der Waals surface area (Å²) in [6.45, 7) is 5.38. The Kier molecular flexibility index (Phi) is 4.97. The fourth-order valence-electron chi connectivity index (χ4n) is 2.32. The maximum atomic E-state index is 11.7. The summed E-state index contributed by atoms with van der Waals surface area (Å²) in [4.78, 5) is 11.8. The molecule has 0 radical (unpaired) electrons. The molecule has 3 aromatic rings. The van der Waals surface area contributed by atoms with E-state index in [9.17, 15) is 4.79 Å². The first-order valence-electron chi connectivity index (χ1n) is 7.36. The molecule has 0 amide bonds.